The zero-order valence-corrected chi connectivity index (χ0v) is 14.7. The van der Waals surface area contributed by atoms with Crippen molar-refractivity contribution in [2.24, 2.45) is 0 Å². The van der Waals surface area contributed by atoms with Crippen LogP contribution in [0.5, 0.6) is 11.5 Å². The zero-order valence-electron chi connectivity index (χ0n) is 14.7. The second kappa shape index (κ2) is 5.18. The molecule has 0 amide bonds. The Morgan fingerprint density at radius 1 is 0.577 bits per heavy atom. The molecule has 26 heavy (non-hydrogen) atoms. The molecule has 0 saturated heterocycles. The maximum atomic E-state index is 6.12. The second-order valence-electron chi connectivity index (χ2n) is 6.98. The van der Waals surface area contributed by atoms with Crippen LogP contribution in [0.1, 0.15) is 45.2 Å². The van der Waals surface area contributed by atoms with Crippen molar-refractivity contribution in [1.29, 1.82) is 0 Å². The van der Waals surface area contributed by atoms with Crippen molar-refractivity contribution in [2.45, 2.75) is 11.8 Å². The number of benzene rings is 3. The summed E-state index contributed by atoms with van der Waals surface area (Å²) in [6, 6.07) is 16.7. The number of nitrogens with two attached hydrogens (primary N) is 2. The highest BCUT2D eigenvalue weighted by atomic mass is 16.5. The maximum absolute atomic E-state index is 6.12. The van der Waals surface area contributed by atoms with E-state index in [0.717, 1.165) is 22.9 Å². The van der Waals surface area contributed by atoms with Gasteiger partial charge < -0.3 is 20.9 Å². The first-order valence-electron chi connectivity index (χ1n) is 8.66. The quantitative estimate of drug-likeness (QED) is 0.477. The Hall–Kier alpha value is -3.14. The van der Waals surface area contributed by atoms with Gasteiger partial charge in [-0.3, -0.25) is 0 Å². The summed E-state index contributed by atoms with van der Waals surface area (Å²) in [5.41, 5.74) is 21.4. The third-order valence-electron chi connectivity index (χ3n) is 5.68. The van der Waals surface area contributed by atoms with Gasteiger partial charge in [0.15, 0.2) is 11.5 Å². The van der Waals surface area contributed by atoms with Crippen LogP contribution in [-0.4, -0.2) is 14.2 Å². The normalized spacial score (nSPS) is 18.7. The summed E-state index contributed by atoms with van der Waals surface area (Å²) in [7, 11) is 3.35. The van der Waals surface area contributed by atoms with Crippen molar-refractivity contribution in [1.82, 2.24) is 0 Å². The molecule has 0 spiro atoms. The standard InChI is InChI=1S/C22H20N2O2/c1-25-19-9-17-18(10-20(19)26-2)22-15-7-11(23)3-5-13(15)21(17)14-6-4-12(24)8-16(14)22/h3-10,21-22H,23-24H2,1-2H3. The van der Waals surface area contributed by atoms with Crippen molar-refractivity contribution in [3.63, 3.8) is 0 Å². The first-order chi connectivity index (χ1) is 12.6. The molecule has 4 heteroatoms. The highest BCUT2D eigenvalue weighted by Crippen LogP contribution is 2.57. The number of rotatable bonds is 2. The molecule has 6 rings (SSSR count). The Labute approximate surface area is 152 Å². The smallest absolute Gasteiger partial charge is 0.161 e. The molecule has 3 aromatic rings. The summed E-state index contributed by atoms with van der Waals surface area (Å²) in [6.45, 7) is 0. The van der Waals surface area contributed by atoms with E-state index >= 15 is 0 Å². The fourth-order valence-corrected chi connectivity index (χ4v) is 4.63. The topological polar surface area (TPSA) is 70.5 Å². The van der Waals surface area contributed by atoms with Crippen LogP contribution < -0.4 is 20.9 Å². The maximum Gasteiger partial charge on any atom is 0.161 e. The van der Waals surface area contributed by atoms with E-state index < -0.39 is 0 Å². The van der Waals surface area contributed by atoms with Crippen LogP contribution in [0.15, 0.2) is 48.5 Å². The van der Waals surface area contributed by atoms with Crippen molar-refractivity contribution < 1.29 is 9.47 Å². The molecule has 3 aliphatic carbocycles. The average molecular weight is 344 g/mol. The minimum absolute atomic E-state index is 0.104. The summed E-state index contributed by atoms with van der Waals surface area (Å²) in [4.78, 5) is 0. The molecule has 130 valence electrons. The van der Waals surface area contributed by atoms with E-state index in [1.165, 1.54) is 33.4 Å². The Balaban J connectivity index is 1.86. The van der Waals surface area contributed by atoms with Crippen LogP contribution in [0.4, 0.5) is 11.4 Å². The van der Waals surface area contributed by atoms with Crippen LogP contribution in [0.3, 0.4) is 0 Å². The fraction of sp³-hybridized carbons (Fsp3) is 0.182. The third kappa shape index (κ3) is 1.84. The highest BCUT2D eigenvalue weighted by molar-refractivity contribution is 5.72. The molecule has 0 unspecified atom stereocenters. The lowest BCUT2D eigenvalue weighted by Crippen LogP contribution is -2.28. The van der Waals surface area contributed by atoms with Gasteiger partial charge in [0.1, 0.15) is 0 Å². The Bertz CT molecular complexity index is 1000. The number of ether oxygens (including phenoxy) is 2. The van der Waals surface area contributed by atoms with Crippen LogP contribution in [0.2, 0.25) is 0 Å². The number of anilines is 2. The Morgan fingerprint density at radius 2 is 0.962 bits per heavy atom. The second-order valence-corrected chi connectivity index (χ2v) is 6.98. The van der Waals surface area contributed by atoms with E-state index in [0.29, 0.717) is 0 Å². The lowest BCUT2D eigenvalue weighted by Gasteiger charge is -2.42. The van der Waals surface area contributed by atoms with Gasteiger partial charge in [0.05, 0.1) is 14.2 Å². The largest absolute Gasteiger partial charge is 0.493 e. The molecule has 3 aliphatic rings. The summed E-state index contributed by atoms with van der Waals surface area (Å²) in [6.07, 6.45) is 0. The monoisotopic (exact) mass is 344 g/mol. The molecule has 4 nitrogen and oxygen atoms in total. The van der Waals surface area contributed by atoms with Crippen LogP contribution in [0.25, 0.3) is 0 Å². The van der Waals surface area contributed by atoms with Gasteiger partial charge in [-0.15, -0.1) is 0 Å². The van der Waals surface area contributed by atoms with Gasteiger partial charge in [-0.25, -0.2) is 0 Å². The van der Waals surface area contributed by atoms with Gasteiger partial charge in [0.25, 0.3) is 0 Å². The summed E-state index contributed by atoms with van der Waals surface area (Å²) in [5.74, 6) is 1.76. The first kappa shape index (κ1) is 15.1. The van der Waals surface area contributed by atoms with E-state index in [2.05, 4.69) is 36.4 Å². The molecule has 4 N–H and O–H groups in total. The van der Waals surface area contributed by atoms with Gasteiger partial charge in [-0.1, -0.05) is 12.1 Å². The summed E-state index contributed by atoms with van der Waals surface area (Å²) in [5, 5.41) is 0. The van der Waals surface area contributed by atoms with Crippen molar-refractivity contribution >= 4 is 11.4 Å². The number of hydrogen-bond acceptors (Lipinski definition) is 4. The first-order valence-corrected chi connectivity index (χ1v) is 8.66. The fourth-order valence-electron chi connectivity index (χ4n) is 4.63. The molecular formula is C22H20N2O2. The molecule has 0 radical (unpaired) electrons. The minimum Gasteiger partial charge on any atom is -0.493 e. The molecule has 0 atom stereocenters. The molecule has 0 aliphatic heterocycles. The molecule has 0 fully saturated rings. The van der Waals surface area contributed by atoms with Crippen LogP contribution >= 0.6 is 0 Å². The van der Waals surface area contributed by atoms with Gasteiger partial charge in [-0.05, 0) is 69.8 Å². The Morgan fingerprint density at radius 3 is 1.38 bits per heavy atom. The molecule has 0 saturated carbocycles. The average Bonchev–Trinajstić information content (AvgIpc) is 2.65. The predicted octanol–water partition coefficient (Wildman–Crippen LogP) is 3.86. The predicted molar refractivity (Wildman–Crippen MR) is 103 cm³/mol. The van der Waals surface area contributed by atoms with Crippen LogP contribution in [0, 0.1) is 0 Å². The molecule has 0 aromatic heterocycles. The number of nitrogen functional groups attached to an aromatic ring is 2. The van der Waals surface area contributed by atoms with E-state index in [1.54, 1.807) is 14.2 Å². The van der Waals surface area contributed by atoms with Crippen molar-refractivity contribution in [3.05, 3.63) is 81.9 Å². The molecule has 0 heterocycles. The van der Waals surface area contributed by atoms with Gasteiger partial charge in [0, 0.05) is 23.2 Å². The van der Waals surface area contributed by atoms with E-state index in [4.69, 9.17) is 20.9 Å². The SMILES string of the molecule is COc1cc2c(cc1OC)C1c3cc(N)ccc3C2c2ccc(N)cc21. The number of hydrogen-bond donors (Lipinski definition) is 2. The molecule has 3 aromatic carbocycles. The van der Waals surface area contributed by atoms with Gasteiger partial charge in [-0.2, -0.15) is 0 Å². The van der Waals surface area contributed by atoms with E-state index in [9.17, 15) is 0 Å². The third-order valence-corrected chi connectivity index (χ3v) is 5.68. The van der Waals surface area contributed by atoms with Crippen LogP contribution in [-0.2, 0) is 0 Å². The summed E-state index contributed by atoms with van der Waals surface area (Å²) >= 11 is 0. The number of methoxy groups -OCH3 is 2. The van der Waals surface area contributed by atoms with E-state index in [-0.39, 0.29) is 11.8 Å². The molecular weight excluding hydrogens is 324 g/mol. The minimum atomic E-state index is 0.104. The van der Waals surface area contributed by atoms with E-state index in [1.807, 2.05) is 12.1 Å². The Kier molecular flexibility index (Phi) is 3.02. The molecule has 2 bridgehead atoms. The zero-order chi connectivity index (χ0) is 18.0. The summed E-state index contributed by atoms with van der Waals surface area (Å²) < 4.78 is 11.1. The highest BCUT2D eigenvalue weighted by Gasteiger charge is 2.42. The van der Waals surface area contributed by atoms with Crippen molar-refractivity contribution in [3.8, 4) is 11.5 Å². The lowest BCUT2D eigenvalue weighted by atomic mass is 9.61. The lowest BCUT2D eigenvalue weighted by molar-refractivity contribution is 0.353. The van der Waals surface area contributed by atoms with Gasteiger partial charge in [0.2, 0.25) is 0 Å². The van der Waals surface area contributed by atoms with Gasteiger partial charge >= 0.3 is 0 Å². The van der Waals surface area contributed by atoms with Crippen molar-refractivity contribution in [2.75, 3.05) is 25.7 Å².